The minimum Gasteiger partial charge on any atom is -0.465 e. The number of hydrogen-bond donors (Lipinski definition) is 1. The molecule has 0 aliphatic heterocycles. The average molecular weight is 286 g/mol. The van der Waals surface area contributed by atoms with Gasteiger partial charge in [-0.15, -0.1) is 0 Å². The van der Waals surface area contributed by atoms with Gasteiger partial charge in [-0.2, -0.15) is 0 Å². The van der Waals surface area contributed by atoms with E-state index in [4.69, 9.17) is 9.47 Å². The summed E-state index contributed by atoms with van der Waals surface area (Å²) in [6.45, 7) is 3.56. The van der Waals surface area contributed by atoms with Gasteiger partial charge in [-0.1, -0.05) is 11.8 Å². The molecule has 1 aromatic rings. The molecule has 0 saturated heterocycles. The number of aromatic amines is 1. The van der Waals surface area contributed by atoms with Crippen molar-refractivity contribution in [2.24, 2.45) is 0 Å². The smallest absolute Gasteiger partial charge is 0.331 e. The molecule has 0 amide bonds. The molecule has 0 radical (unpaired) electrons. The Kier molecular flexibility index (Phi) is 6.07. The molecule has 1 N–H and O–H groups in total. The van der Waals surface area contributed by atoms with E-state index in [2.05, 4.69) is 9.97 Å². The minimum atomic E-state index is -1.20. The lowest BCUT2D eigenvalue weighted by Gasteiger charge is -2.12. The maximum absolute atomic E-state index is 11.7. The van der Waals surface area contributed by atoms with Gasteiger partial charge < -0.3 is 14.5 Å². The molecule has 0 unspecified atom stereocenters. The molecule has 0 saturated carbocycles. The highest BCUT2D eigenvalue weighted by Crippen LogP contribution is 2.20. The van der Waals surface area contributed by atoms with Crippen molar-refractivity contribution in [3.63, 3.8) is 0 Å². The quantitative estimate of drug-likeness (QED) is 0.349. The summed E-state index contributed by atoms with van der Waals surface area (Å²) < 4.78 is 9.59. The maximum atomic E-state index is 11.7. The zero-order valence-electron chi connectivity index (χ0n) is 10.5. The second-order valence-electron chi connectivity index (χ2n) is 3.24. The van der Waals surface area contributed by atoms with Gasteiger partial charge in [0.05, 0.1) is 13.2 Å². The van der Waals surface area contributed by atoms with Crippen LogP contribution in [0, 0.1) is 0 Å². The lowest BCUT2D eigenvalue weighted by molar-refractivity contribution is -0.152. The zero-order valence-corrected chi connectivity index (χ0v) is 11.4. The molecule has 0 fully saturated rings. The maximum Gasteiger partial charge on any atom is 0.331 e. The van der Waals surface area contributed by atoms with Gasteiger partial charge >= 0.3 is 11.9 Å². The van der Waals surface area contributed by atoms with Crippen LogP contribution in [0.15, 0.2) is 22.2 Å². The van der Waals surface area contributed by atoms with Gasteiger partial charge in [-0.05, 0) is 13.8 Å². The number of esters is 2. The van der Waals surface area contributed by atoms with Crippen molar-refractivity contribution in [2.75, 3.05) is 13.2 Å². The number of carbonyl (C=O) groups excluding carboxylic acids is 2. The lowest BCUT2D eigenvalue weighted by atomic mass is 10.4. The van der Waals surface area contributed by atoms with Crippen LogP contribution in [0.25, 0.3) is 0 Å². The molecule has 0 atom stereocenters. The Hall–Kier alpha value is -1.83. The summed E-state index contributed by atoms with van der Waals surface area (Å²) >= 11 is 0.783. The first-order valence-corrected chi connectivity index (χ1v) is 6.51. The summed E-state index contributed by atoms with van der Waals surface area (Å²) in [4.78, 5) is 40.8. The fourth-order valence-corrected chi connectivity index (χ4v) is 1.98. The van der Waals surface area contributed by atoms with Crippen molar-refractivity contribution in [3.8, 4) is 0 Å². The average Bonchev–Trinajstić information content (AvgIpc) is 2.36. The molecule has 1 aromatic heterocycles. The van der Waals surface area contributed by atoms with Crippen molar-refractivity contribution >= 4 is 23.7 Å². The van der Waals surface area contributed by atoms with Crippen LogP contribution in [0.1, 0.15) is 13.8 Å². The molecule has 0 spiro atoms. The summed E-state index contributed by atoms with van der Waals surface area (Å²) in [5.74, 6) is -1.45. The van der Waals surface area contributed by atoms with Crippen molar-refractivity contribution in [1.29, 1.82) is 0 Å². The van der Waals surface area contributed by atoms with E-state index in [1.54, 1.807) is 13.8 Å². The van der Waals surface area contributed by atoms with Crippen LogP contribution in [0.2, 0.25) is 0 Å². The van der Waals surface area contributed by atoms with E-state index in [0.29, 0.717) is 0 Å². The Morgan fingerprint density at radius 3 is 2.37 bits per heavy atom. The highest BCUT2D eigenvalue weighted by atomic mass is 32.2. The highest BCUT2D eigenvalue weighted by molar-refractivity contribution is 8.01. The van der Waals surface area contributed by atoms with Crippen LogP contribution in [-0.2, 0) is 19.1 Å². The van der Waals surface area contributed by atoms with Crippen molar-refractivity contribution in [2.45, 2.75) is 24.3 Å². The fraction of sp³-hybridized carbons (Fsp3) is 0.455. The number of carbonyl (C=O) groups is 2. The highest BCUT2D eigenvalue weighted by Gasteiger charge is 2.31. The molecule has 7 nitrogen and oxygen atoms in total. The molecule has 0 bridgehead atoms. The number of aromatic nitrogens is 2. The van der Waals surface area contributed by atoms with Gasteiger partial charge in [0, 0.05) is 12.3 Å². The summed E-state index contributed by atoms with van der Waals surface area (Å²) in [6, 6.07) is 1.23. The zero-order chi connectivity index (χ0) is 14.3. The Morgan fingerprint density at radius 1 is 1.32 bits per heavy atom. The van der Waals surface area contributed by atoms with Crippen LogP contribution in [-0.4, -0.2) is 40.4 Å². The second-order valence-corrected chi connectivity index (χ2v) is 4.34. The summed E-state index contributed by atoms with van der Waals surface area (Å²) in [5.41, 5.74) is -0.371. The number of ether oxygens (including phenoxy) is 2. The fourth-order valence-electron chi connectivity index (χ4n) is 1.15. The first kappa shape index (κ1) is 15.2. The van der Waals surface area contributed by atoms with E-state index in [1.165, 1.54) is 12.3 Å². The van der Waals surface area contributed by atoms with Crippen LogP contribution in [0.4, 0.5) is 0 Å². The molecular formula is C11H14N2O5S. The van der Waals surface area contributed by atoms with E-state index in [9.17, 15) is 14.4 Å². The van der Waals surface area contributed by atoms with Gasteiger partial charge in [0.1, 0.15) is 0 Å². The number of nitrogens with one attached hydrogen (secondary N) is 1. The van der Waals surface area contributed by atoms with E-state index in [0.717, 1.165) is 11.8 Å². The van der Waals surface area contributed by atoms with Crippen molar-refractivity contribution in [1.82, 2.24) is 9.97 Å². The van der Waals surface area contributed by atoms with Crippen molar-refractivity contribution in [3.05, 3.63) is 22.6 Å². The summed E-state index contributed by atoms with van der Waals surface area (Å²) in [6.07, 6.45) is 1.29. The predicted octanol–water partition coefficient (Wildman–Crippen LogP) is 0.357. The number of H-pyrrole nitrogens is 1. The summed E-state index contributed by atoms with van der Waals surface area (Å²) in [7, 11) is 0. The summed E-state index contributed by atoms with van der Waals surface area (Å²) in [5, 5.41) is -1.05. The molecule has 0 aliphatic carbocycles. The van der Waals surface area contributed by atoms with Crippen LogP contribution in [0.3, 0.4) is 0 Å². The lowest BCUT2D eigenvalue weighted by Crippen LogP contribution is -2.31. The molecule has 1 rings (SSSR count). The van der Waals surface area contributed by atoms with Gasteiger partial charge in [0.25, 0.3) is 5.56 Å². The van der Waals surface area contributed by atoms with Gasteiger partial charge in [-0.25, -0.2) is 4.98 Å². The van der Waals surface area contributed by atoms with Gasteiger partial charge in [0.15, 0.2) is 5.16 Å². The number of thioether (sulfide) groups is 1. The monoisotopic (exact) mass is 286 g/mol. The topological polar surface area (TPSA) is 98.4 Å². The third-order valence-corrected chi connectivity index (χ3v) is 2.93. The standard InChI is InChI=1S/C11H14N2O5S/c1-3-17-9(15)8(10(16)18-4-2)19-11-12-6-5-7(14)13-11/h5-6,8H,3-4H2,1-2H3,(H,12,13,14). The minimum absolute atomic E-state index is 0.147. The molecular weight excluding hydrogens is 272 g/mol. The van der Waals surface area contributed by atoms with Crippen LogP contribution < -0.4 is 5.56 Å². The molecule has 104 valence electrons. The Labute approximate surface area is 113 Å². The Morgan fingerprint density at radius 2 is 1.89 bits per heavy atom. The van der Waals surface area contributed by atoms with Crippen molar-refractivity contribution < 1.29 is 19.1 Å². The van der Waals surface area contributed by atoms with Crippen LogP contribution >= 0.6 is 11.8 Å². The number of nitrogens with zero attached hydrogens (tertiary/aromatic N) is 1. The predicted molar refractivity (Wildman–Crippen MR) is 67.8 cm³/mol. The molecule has 8 heteroatoms. The number of rotatable bonds is 6. The largest absolute Gasteiger partial charge is 0.465 e. The number of hydrogen-bond acceptors (Lipinski definition) is 7. The molecule has 0 aliphatic rings. The van der Waals surface area contributed by atoms with Gasteiger partial charge in [-0.3, -0.25) is 14.4 Å². The van der Waals surface area contributed by atoms with Gasteiger partial charge in [0.2, 0.25) is 5.25 Å². The first-order chi connectivity index (χ1) is 9.08. The van der Waals surface area contributed by atoms with E-state index < -0.39 is 17.2 Å². The van der Waals surface area contributed by atoms with E-state index in [1.807, 2.05) is 0 Å². The SMILES string of the molecule is CCOC(=O)C(Sc1nccc(=O)[nH]1)C(=O)OCC. The second kappa shape index (κ2) is 7.57. The van der Waals surface area contributed by atoms with E-state index >= 15 is 0 Å². The third kappa shape index (κ3) is 4.74. The van der Waals surface area contributed by atoms with E-state index in [-0.39, 0.29) is 23.9 Å². The molecule has 19 heavy (non-hydrogen) atoms. The first-order valence-electron chi connectivity index (χ1n) is 5.63. The van der Waals surface area contributed by atoms with Crippen LogP contribution in [0.5, 0.6) is 0 Å². The third-order valence-electron chi connectivity index (χ3n) is 1.88. The normalized spacial score (nSPS) is 10.3. The molecule has 0 aromatic carbocycles. The Bertz CT molecular complexity index is 484. The Balaban J connectivity index is 2.87. The molecule has 1 heterocycles.